The maximum absolute atomic E-state index is 12.4. The van der Waals surface area contributed by atoms with E-state index in [2.05, 4.69) is 42.8 Å². The molecule has 2 aromatic rings. The van der Waals surface area contributed by atoms with Gasteiger partial charge in [0, 0.05) is 24.8 Å². The molecule has 0 aliphatic carbocycles. The summed E-state index contributed by atoms with van der Waals surface area (Å²) in [6, 6.07) is 2.15. The van der Waals surface area contributed by atoms with E-state index >= 15 is 0 Å². The number of hydrogen-bond acceptors (Lipinski definition) is 8. The quantitative estimate of drug-likeness (QED) is 0.603. The minimum Gasteiger partial charge on any atom is -0.382 e. The summed E-state index contributed by atoms with van der Waals surface area (Å²) in [6.07, 6.45) is 6.65. The van der Waals surface area contributed by atoms with Crippen LogP contribution in [0.15, 0.2) is 24.7 Å². The zero-order valence-corrected chi connectivity index (χ0v) is 15.7. The van der Waals surface area contributed by atoms with Gasteiger partial charge in [0.2, 0.25) is 0 Å². The van der Waals surface area contributed by atoms with E-state index in [9.17, 15) is 4.79 Å². The van der Waals surface area contributed by atoms with Crippen LogP contribution in [0, 0.1) is 0 Å². The lowest BCUT2D eigenvalue weighted by Crippen LogP contribution is -2.37. The van der Waals surface area contributed by atoms with Crippen molar-refractivity contribution in [3.63, 3.8) is 0 Å². The molecule has 2 aromatic heterocycles. The van der Waals surface area contributed by atoms with Crippen LogP contribution in [0.2, 0.25) is 0 Å². The average molecular weight is 370 g/mol. The first-order valence-electron chi connectivity index (χ1n) is 9.13. The molecule has 0 spiro atoms. The van der Waals surface area contributed by atoms with Crippen molar-refractivity contribution in [1.82, 2.24) is 25.2 Å². The molecule has 0 radical (unpaired) electrons. The second-order valence-corrected chi connectivity index (χ2v) is 6.65. The summed E-state index contributed by atoms with van der Waals surface area (Å²) in [7, 11) is 2.12. The number of rotatable bonds is 6. The number of carbonyl (C=O) groups excluding carboxylic acids is 1. The van der Waals surface area contributed by atoms with Gasteiger partial charge in [-0.15, -0.1) is 0 Å². The molecular formula is C18H26N8O. The van der Waals surface area contributed by atoms with Crippen LogP contribution < -0.4 is 21.7 Å². The molecule has 3 heterocycles. The third-order valence-electron chi connectivity index (χ3n) is 4.49. The minimum absolute atomic E-state index is 0.140. The zero-order valence-electron chi connectivity index (χ0n) is 15.7. The van der Waals surface area contributed by atoms with Gasteiger partial charge in [-0.2, -0.15) is 0 Å². The highest BCUT2D eigenvalue weighted by Crippen LogP contribution is 2.24. The molecule has 27 heavy (non-hydrogen) atoms. The predicted molar refractivity (Wildman–Crippen MR) is 106 cm³/mol. The van der Waals surface area contributed by atoms with E-state index in [1.165, 1.54) is 6.20 Å². The number of aromatic nitrogens is 3. The molecule has 144 valence electrons. The Hall–Kier alpha value is -2.94. The molecule has 1 aliphatic heterocycles. The second kappa shape index (κ2) is 8.63. The molecule has 1 fully saturated rings. The average Bonchev–Trinajstić information content (AvgIpc) is 2.66. The van der Waals surface area contributed by atoms with Crippen LogP contribution >= 0.6 is 0 Å². The van der Waals surface area contributed by atoms with Gasteiger partial charge in [0.05, 0.1) is 23.6 Å². The number of nitrogen functional groups attached to an aromatic ring is 1. The molecule has 1 amide bonds. The molecule has 9 heteroatoms. The van der Waals surface area contributed by atoms with Gasteiger partial charge in [-0.1, -0.05) is 0 Å². The first-order valence-corrected chi connectivity index (χ1v) is 9.13. The first-order chi connectivity index (χ1) is 13.0. The fraction of sp³-hybridized carbons (Fsp3) is 0.444. The van der Waals surface area contributed by atoms with Crippen molar-refractivity contribution < 1.29 is 4.79 Å². The number of hydrogen-bond donors (Lipinski definition) is 4. The second-order valence-electron chi connectivity index (χ2n) is 6.65. The zero-order chi connectivity index (χ0) is 19.2. The van der Waals surface area contributed by atoms with Gasteiger partial charge in [0.15, 0.2) is 0 Å². The van der Waals surface area contributed by atoms with Crippen molar-refractivity contribution in [3.05, 3.63) is 30.2 Å². The smallest absolute Gasteiger partial charge is 0.254 e. The highest BCUT2D eigenvalue weighted by molar-refractivity contribution is 5.99. The fourth-order valence-electron chi connectivity index (χ4n) is 2.99. The molecule has 0 unspecified atom stereocenters. The van der Waals surface area contributed by atoms with Gasteiger partial charge in [-0.25, -0.2) is 15.0 Å². The number of nitrogens with one attached hydrogen (secondary N) is 3. The number of pyridine rings is 1. The molecule has 1 saturated heterocycles. The van der Waals surface area contributed by atoms with E-state index in [4.69, 9.17) is 5.73 Å². The number of likely N-dealkylation sites (tertiary alicyclic amines) is 1. The van der Waals surface area contributed by atoms with Gasteiger partial charge in [0.1, 0.15) is 17.5 Å². The van der Waals surface area contributed by atoms with E-state index in [1.807, 2.05) is 13.0 Å². The van der Waals surface area contributed by atoms with E-state index in [-0.39, 0.29) is 5.91 Å². The fourth-order valence-corrected chi connectivity index (χ4v) is 2.99. The summed E-state index contributed by atoms with van der Waals surface area (Å²) in [5.41, 5.74) is 6.86. The Morgan fingerprint density at radius 3 is 2.59 bits per heavy atom. The molecule has 0 atom stereocenters. The Morgan fingerprint density at radius 2 is 1.93 bits per heavy atom. The van der Waals surface area contributed by atoms with E-state index in [0.29, 0.717) is 35.6 Å². The lowest BCUT2D eigenvalue weighted by atomic mass is 10.0. The van der Waals surface area contributed by atoms with Gasteiger partial charge in [0.25, 0.3) is 5.91 Å². The number of nitrogens with zero attached hydrogens (tertiary/aromatic N) is 4. The maximum atomic E-state index is 12.4. The van der Waals surface area contributed by atoms with Gasteiger partial charge in [-0.05, 0) is 39.9 Å². The van der Waals surface area contributed by atoms with E-state index < -0.39 is 0 Å². The Morgan fingerprint density at radius 1 is 1.19 bits per heavy atom. The van der Waals surface area contributed by atoms with Crippen LogP contribution in [-0.2, 0) is 0 Å². The summed E-state index contributed by atoms with van der Waals surface area (Å²) < 4.78 is 0. The SMILES string of the molecule is CCNC(=O)c1cnc(Nc2cnc(N)cn2)cc1NC1CCN(C)CC1. The maximum Gasteiger partial charge on any atom is 0.254 e. The van der Waals surface area contributed by atoms with Crippen molar-refractivity contribution in [1.29, 1.82) is 0 Å². The number of piperidine rings is 1. The van der Waals surface area contributed by atoms with Crippen molar-refractivity contribution in [2.45, 2.75) is 25.8 Å². The minimum atomic E-state index is -0.140. The number of amides is 1. The summed E-state index contributed by atoms with van der Waals surface area (Å²) >= 11 is 0. The van der Waals surface area contributed by atoms with E-state index in [1.54, 1.807) is 12.4 Å². The standard InChI is InChI=1S/C18H26N8O/c1-3-20-18(27)13-9-22-16(25-17-11-21-15(19)10-23-17)8-14(13)24-12-4-6-26(2)7-5-12/h8-12H,3-7H2,1-2H3,(H2,19,21)(H,20,27)(H2,22,23,24,25). The molecular weight excluding hydrogens is 344 g/mol. The summed E-state index contributed by atoms with van der Waals surface area (Å²) in [5, 5.41) is 9.45. The Labute approximate surface area is 158 Å². The van der Waals surface area contributed by atoms with Crippen molar-refractivity contribution >= 4 is 29.0 Å². The third-order valence-corrected chi connectivity index (χ3v) is 4.49. The molecule has 0 bridgehead atoms. The number of nitrogens with two attached hydrogens (primary N) is 1. The van der Waals surface area contributed by atoms with Crippen LogP contribution in [0.1, 0.15) is 30.1 Å². The Bertz CT molecular complexity index is 771. The molecule has 9 nitrogen and oxygen atoms in total. The topological polar surface area (TPSA) is 121 Å². The Balaban J connectivity index is 1.81. The highest BCUT2D eigenvalue weighted by atomic mass is 16.1. The monoisotopic (exact) mass is 370 g/mol. The van der Waals surface area contributed by atoms with Gasteiger partial charge in [-0.3, -0.25) is 4.79 Å². The van der Waals surface area contributed by atoms with Crippen molar-refractivity contribution in [3.8, 4) is 0 Å². The van der Waals surface area contributed by atoms with E-state index in [0.717, 1.165) is 31.6 Å². The number of carbonyl (C=O) groups is 1. The normalized spacial score (nSPS) is 15.3. The van der Waals surface area contributed by atoms with Crippen LogP contribution in [0.3, 0.4) is 0 Å². The first kappa shape index (κ1) is 18.8. The third kappa shape index (κ3) is 5.04. The van der Waals surface area contributed by atoms with Crippen molar-refractivity contribution in [2.24, 2.45) is 0 Å². The van der Waals surface area contributed by atoms with Gasteiger partial charge < -0.3 is 26.6 Å². The Kier molecular flexibility index (Phi) is 6.02. The molecule has 0 saturated carbocycles. The molecule has 0 aromatic carbocycles. The summed E-state index contributed by atoms with van der Waals surface area (Å²) in [4.78, 5) is 27.2. The molecule has 5 N–H and O–H groups in total. The predicted octanol–water partition coefficient (Wildman–Crippen LogP) is 1.45. The van der Waals surface area contributed by atoms with Crippen LogP contribution in [-0.4, -0.2) is 58.5 Å². The van der Waals surface area contributed by atoms with Crippen LogP contribution in [0.5, 0.6) is 0 Å². The largest absolute Gasteiger partial charge is 0.382 e. The van der Waals surface area contributed by atoms with Gasteiger partial charge >= 0.3 is 0 Å². The number of anilines is 4. The molecule has 1 aliphatic rings. The lowest BCUT2D eigenvalue weighted by molar-refractivity contribution is 0.0956. The molecule has 3 rings (SSSR count). The highest BCUT2D eigenvalue weighted by Gasteiger charge is 2.20. The van der Waals surface area contributed by atoms with Crippen molar-refractivity contribution in [2.75, 3.05) is 43.0 Å². The summed E-state index contributed by atoms with van der Waals surface area (Å²) in [6.45, 7) is 4.52. The lowest BCUT2D eigenvalue weighted by Gasteiger charge is -2.30. The van der Waals surface area contributed by atoms with Crippen LogP contribution in [0.25, 0.3) is 0 Å². The van der Waals surface area contributed by atoms with Crippen LogP contribution in [0.4, 0.5) is 23.1 Å². The summed E-state index contributed by atoms with van der Waals surface area (Å²) in [5.74, 6) is 1.33.